The van der Waals surface area contributed by atoms with Gasteiger partial charge in [0.05, 0.1) is 11.8 Å². The lowest BCUT2D eigenvalue weighted by molar-refractivity contribution is 0.0526. The van der Waals surface area contributed by atoms with Crippen molar-refractivity contribution in [1.82, 2.24) is 20.8 Å². The smallest absolute Gasteiger partial charge is 0.407 e. The number of nitrogens with zero attached hydrogens (tertiary/aromatic N) is 1. The minimum atomic E-state index is -0.524. The fourth-order valence-electron chi connectivity index (χ4n) is 1.13. The van der Waals surface area contributed by atoms with Gasteiger partial charge in [-0.2, -0.15) is 5.10 Å². The van der Waals surface area contributed by atoms with Crippen LogP contribution in [0.5, 0.6) is 0 Å². The van der Waals surface area contributed by atoms with Crippen LogP contribution >= 0.6 is 0 Å². The third-order valence-corrected chi connectivity index (χ3v) is 1.84. The molecule has 1 heterocycles. The van der Waals surface area contributed by atoms with Crippen LogP contribution < -0.4 is 10.6 Å². The molecule has 0 atom stereocenters. The Morgan fingerprint density at radius 2 is 2.00 bits per heavy atom. The van der Waals surface area contributed by atoms with E-state index >= 15 is 0 Å². The fourth-order valence-corrected chi connectivity index (χ4v) is 1.13. The van der Waals surface area contributed by atoms with Gasteiger partial charge in [-0.15, -0.1) is 0 Å². The number of carbonyl (C=O) groups excluding carboxylic acids is 2. The molecule has 7 nitrogen and oxygen atoms in total. The zero-order chi connectivity index (χ0) is 13.6. The van der Waals surface area contributed by atoms with Gasteiger partial charge in [0.15, 0.2) is 0 Å². The van der Waals surface area contributed by atoms with Gasteiger partial charge in [0.1, 0.15) is 5.60 Å². The molecule has 0 aliphatic heterocycles. The van der Waals surface area contributed by atoms with E-state index in [4.69, 9.17) is 4.74 Å². The Bertz CT molecular complexity index is 395. The van der Waals surface area contributed by atoms with Crippen LogP contribution in [0.4, 0.5) is 4.79 Å². The summed E-state index contributed by atoms with van der Waals surface area (Å²) in [4.78, 5) is 22.7. The first-order valence-electron chi connectivity index (χ1n) is 5.62. The molecule has 1 aromatic heterocycles. The molecule has 0 aliphatic rings. The molecule has 0 radical (unpaired) electrons. The summed E-state index contributed by atoms with van der Waals surface area (Å²) in [5.41, 5.74) is -0.0725. The Hall–Kier alpha value is -2.05. The summed E-state index contributed by atoms with van der Waals surface area (Å²) in [5, 5.41) is 11.4. The van der Waals surface area contributed by atoms with Crippen molar-refractivity contribution in [3.8, 4) is 0 Å². The van der Waals surface area contributed by atoms with Gasteiger partial charge in [-0.3, -0.25) is 9.89 Å². The number of aromatic amines is 1. The maximum atomic E-state index is 11.5. The van der Waals surface area contributed by atoms with Crippen LogP contribution in [0.25, 0.3) is 0 Å². The third kappa shape index (κ3) is 5.33. The Labute approximate surface area is 105 Å². The second-order valence-electron chi connectivity index (χ2n) is 4.67. The van der Waals surface area contributed by atoms with Crippen molar-refractivity contribution < 1.29 is 14.3 Å². The van der Waals surface area contributed by atoms with Crippen LogP contribution in [0, 0.1) is 0 Å². The van der Waals surface area contributed by atoms with Gasteiger partial charge in [-0.25, -0.2) is 4.79 Å². The van der Waals surface area contributed by atoms with Crippen LogP contribution in [0.3, 0.4) is 0 Å². The lowest BCUT2D eigenvalue weighted by atomic mass is 10.2. The van der Waals surface area contributed by atoms with E-state index in [1.165, 1.54) is 12.4 Å². The molecular formula is C11H18N4O3. The molecule has 18 heavy (non-hydrogen) atoms. The predicted octanol–water partition coefficient (Wildman–Crippen LogP) is 0.664. The van der Waals surface area contributed by atoms with E-state index in [1.54, 1.807) is 20.8 Å². The number of alkyl carbamates (subject to hydrolysis) is 1. The Morgan fingerprint density at radius 1 is 1.33 bits per heavy atom. The number of H-pyrrole nitrogens is 1. The summed E-state index contributed by atoms with van der Waals surface area (Å²) in [7, 11) is 0. The summed E-state index contributed by atoms with van der Waals surface area (Å²) in [5.74, 6) is -0.241. The SMILES string of the molecule is CC(C)(C)OC(=O)NCCNC(=O)c1cn[nH]c1. The van der Waals surface area contributed by atoms with Crippen molar-refractivity contribution in [2.45, 2.75) is 26.4 Å². The average Bonchev–Trinajstić information content (AvgIpc) is 2.74. The number of hydrogen-bond donors (Lipinski definition) is 3. The molecule has 1 rings (SSSR count). The first kappa shape index (κ1) is 14.0. The second kappa shape index (κ2) is 6.04. The van der Waals surface area contributed by atoms with E-state index in [0.717, 1.165) is 0 Å². The van der Waals surface area contributed by atoms with E-state index < -0.39 is 11.7 Å². The fraction of sp³-hybridized carbons (Fsp3) is 0.545. The molecule has 0 spiro atoms. The number of hydrogen-bond acceptors (Lipinski definition) is 4. The lowest BCUT2D eigenvalue weighted by Gasteiger charge is -2.19. The van der Waals surface area contributed by atoms with Crippen LogP contribution in [0.1, 0.15) is 31.1 Å². The molecule has 0 aliphatic carbocycles. The summed E-state index contributed by atoms with van der Waals surface area (Å²) >= 11 is 0. The summed E-state index contributed by atoms with van der Waals surface area (Å²) in [6, 6.07) is 0. The van der Waals surface area contributed by atoms with E-state index in [2.05, 4.69) is 20.8 Å². The Morgan fingerprint density at radius 3 is 2.56 bits per heavy atom. The summed E-state index contributed by atoms with van der Waals surface area (Å²) in [6.07, 6.45) is 2.42. The van der Waals surface area contributed by atoms with Gasteiger partial charge in [-0.1, -0.05) is 0 Å². The van der Waals surface area contributed by atoms with Gasteiger partial charge >= 0.3 is 6.09 Å². The molecule has 0 fully saturated rings. The quantitative estimate of drug-likeness (QED) is 0.688. The lowest BCUT2D eigenvalue weighted by Crippen LogP contribution is -2.37. The van der Waals surface area contributed by atoms with Crippen molar-refractivity contribution in [2.75, 3.05) is 13.1 Å². The van der Waals surface area contributed by atoms with Crippen molar-refractivity contribution in [2.24, 2.45) is 0 Å². The Kier molecular flexibility index (Phi) is 4.70. The van der Waals surface area contributed by atoms with Crippen molar-refractivity contribution in [3.63, 3.8) is 0 Å². The van der Waals surface area contributed by atoms with E-state index in [0.29, 0.717) is 18.7 Å². The standard InChI is InChI=1S/C11H18N4O3/c1-11(2,3)18-10(17)13-5-4-12-9(16)8-6-14-15-7-8/h6-7H,4-5H2,1-3H3,(H,12,16)(H,13,17)(H,14,15). The number of ether oxygens (including phenoxy) is 1. The van der Waals surface area contributed by atoms with Gasteiger partial charge in [0.2, 0.25) is 0 Å². The minimum absolute atomic E-state index is 0.241. The van der Waals surface area contributed by atoms with E-state index in [1.807, 2.05) is 0 Å². The second-order valence-corrected chi connectivity index (χ2v) is 4.67. The number of rotatable bonds is 4. The molecule has 3 N–H and O–H groups in total. The monoisotopic (exact) mass is 254 g/mol. The van der Waals surface area contributed by atoms with Gasteiger partial charge in [0.25, 0.3) is 5.91 Å². The molecule has 0 unspecified atom stereocenters. The summed E-state index contributed by atoms with van der Waals surface area (Å²) < 4.78 is 5.04. The number of aromatic nitrogens is 2. The molecule has 0 saturated carbocycles. The van der Waals surface area contributed by atoms with Crippen LogP contribution in [-0.2, 0) is 4.74 Å². The molecule has 2 amide bonds. The highest BCUT2D eigenvalue weighted by Gasteiger charge is 2.15. The zero-order valence-electron chi connectivity index (χ0n) is 10.7. The molecule has 0 bridgehead atoms. The van der Waals surface area contributed by atoms with Gasteiger partial charge in [0, 0.05) is 19.3 Å². The largest absolute Gasteiger partial charge is 0.444 e. The first-order valence-corrected chi connectivity index (χ1v) is 5.62. The maximum Gasteiger partial charge on any atom is 0.407 e. The van der Waals surface area contributed by atoms with Crippen molar-refractivity contribution in [1.29, 1.82) is 0 Å². The average molecular weight is 254 g/mol. The van der Waals surface area contributed by atoms with E-state index in [9.17, 15) is 9.59 Å². The minimum Gasteiger partial charge on any atom is -0.444 e. The number of amides is 2. The summed E-state index contributed by atoms with van der Waals surface area (Å²) in [6.45, 7) is 5.98. The first-order chi connectivity index (χ1) is 8.38. The van der Waals surface area contributed by atoms with Gasteiger partial charge in [-0.05, 0) is 20.8 Å². The van der Waals surface area contributed by atoms with Gasteiger partial charge < -0.3 is 15.4 Å². The predicted molar refractivity (Wildman–Crippen MR) is 65.2 cm³/mol. The zero-order valence-corrected chi connectivity index (χ0v) is 10.7. The number of carbonyl (C=O) groups is 2. The molecule has 0 saturated heterocycles. The highest BCUT2D eigenvalue weighted by molar-refractivity contribution is 5.93. The number of nitrogens with one attached hydrogen (secondary N) is 3. The highest BCUT2D eigenvalue weighted by atomic mass is 16.6. The third-order valence-electron chi connectivity index (χ3n) is 1.84. The highest BCUT2D eigenvalue weighted by Crippen LogP contribution is 2.05. The normalized spacial score (nSPS) is 10.8. The maximum absolute atomic E-state index is 11.5. The molecule has 7 heteroatoms. The van der Waals surface area contributed by atoms with E-state index in [-0.39, 0.29) is 5.91 Å². The molecule has 100 valence electrons. The van der Waals surface area contributed by atoms with Crippen LogP contribution in [-0.4, -0.2) is 40.9 Å². The van der Waals surface area contributed by atoms with Crippen LogP contribution in [0.2, 0.25) is 0 Å². The van der Waals surface area contributed by atoms with Crippen molar-refractivity contribution >= 4 is 12.0 Å². The Balaban J connectivity index is 2.16. The van der Waals surface area contributed by atoms with Crippen molar-refractivity contribution in [3.05, 3.63) is 18.0 Å². The molecule has 0 aromatic carbocycles. The molecule has 1 aromatic rings. The van der Waals surface area contributed by atoms with Crippen LogP contribution in [0.15, 0.2) is 12.4 Å². The topological polar surface area (TPSA) is 96.1 Å². The molecular weight excluding hydrogens is 236 g/mol.